The molecule has 1 rings (SSSR count). The molecule has 0 aromatic carbocycles. The maximum absolute atomic E-state index is 11.9. The van der Waals surface area contributed by atoms with Crippen LogP contribution in [-0.2, 0) is 16.6 Å². The highest BCUT2D eigenvalue weighted by Gasteiger charge is 2.20. The summed E-state index contributed by atoms with van der Waals surface area (Å²) in [4.78, 5) is 4.81. The molecular weight excluding hydrogens is 258 g/mol. The Bertz CT molecular complexity index is 415. The lowest BCUT2D eigenvalue weighted by Gasteiger charge is -2.15. The van der Waals surface area contributed by atoms with Crippen LogP contribution < -0.4 is 10.0 Å². The number of thiazole rings is 1. The van der Waals surface area contributed by atoms with Crippen molar-refractivity contribution in [3.05, 3.63) is 16.6 Å². The van der Waals surface area contributed by atoms with E-state index >= 15 is 0 Å². The number of rotatable bonds is 7. The summed E-state index contributed by atoms with van der Waals surface area (Å²) in [6.45, 7) is 6.45. The number of nitrogens with zero attached hydrogens (tertiary/aromatic N) is 1. The minimum absolute atomic E-state index is 0.286. The van der Waals surface area contributed by atoms with Crippen molar-refractivity contribution >= 4 is 21.4 Å². The van der Waals surface area contributed by atoms with Gasteiger partial charge in [-0.1, -0.05) is 13.8 Å². The Balaban J connectivity index is 2.44. The largest absolute Gasteiger partial charge is 0.313 e. The van der Waals surface area contributed by atoms with E-state index in [1.54, 1.807) is 18.6 Å². The highest BCUT2D eigenvalue weighted by molar-refractivity contribution is 7.90. The standard InChI is InChI=1S/C10H19N3O2S2/c1-8(2)12-4-9(3)17(14,15)13-6-10-5-11-7-16-10/h5,7-9,12-13H,4,6H2,1-3H3. The van der Waals surface area contributed by atoms with Gasteiger partial charge >= 0.3 is 0 Å². The van der Waals surface area contributed by atoms with Crippen LogP contribution in [0.4, 0.5) is 0 Å². The van der Waals surface area contributed by atoms with Crippen LogP contribution >= 0.6 is 11.3 Å². The highest BCUT2D eigenvalue weighted by atomic mass is 32.2. The van der Waals surface area contributed by atoms with Gasteiger partial charge in [0.05, 0.1) is 10.8 Å². The summed E-state index contributed by atoms with van der Waals surface area (Å²) in [5, 5.41) is 2.67. The van der Waals surface area contributed by atoms with Crippen molar-refractivity contribution in [3.63, 3.8) is 0 Å². The van der Waals surface area contributed by atoms with Crippen LogP contribution in [0.25, 0.3) is 0 Å². The molecule has 0 radical (unpaired) electrons. The topological polar surface area (TPSA) is 71.1 Å². The van der Waals surface area contributed by atoms with Crippen molar-refractivity contribution < 1.29 is 8.42 Å². The fraction of sp³-hybridized carbons (Fsp3) is 0.700. The molecule has 0 aliphatic rings. The second kappa shape index (κ2) is 6.44. The third-order valence-corrected chi connectivity index (χ3v) is 4.83. The van der Waals surface area contributed by atoms with E-state index in [0.717, 1.165) is 4.88 Å². The Kier molecular flexibility index (Phi) is 5.51. The van der Waals surface area contributed by atoms with Crippen molar-refractivity contribution in [2.45, 2.75) is 38.6 Å². The van der Waals surface area contributed by atoms with Crippen LogP contribution in [0.15, 0.2) is 11.7 Å². The van der Waals surface area contributed by atoms with E-state index in [-0.39, 0.29) is 6.04 Å². The van der Waals surface area contributed by atoms with Gasteiger partial charge in [0, 0.05) is 30.2 Å². The monoisotopic (exact) mass is 277 g/mol. The van der Waals surface area contributed by atoms with Gasteiger partial charge in [0.15, 0.2) is 0 Å². The van der Waals surface area contributed by atoms with Gasteiger partial charge in [-0.3, -0.25) is 4.98 Å². The summed E-state index contributed by atoms with van der Waals surface area (Å²) in [6.07, 6.45) is 1.67. The van der Waals surface area contributed by atoms with Crippen molar-refractivity contribution in [2.75, 3.05) is 6.54 Å². The average molecular weight is 277 g/mol. The second-order valence-electron chi connectivity index (χ2n) is 4.21. The first-order valence-electron chi connectivity index (χ1n) is 5.51. The number of hydrogen-bond acceptors (Lipinski definition) is 5. The molecule has 1 heterocycles. The summed E-state index contributed by atoms with van der Waals surface area (Å²) in [5.41, 5.74) is 1.69. The van der Waals surface area contributed by atoms with Gasteiger partial charge in [-0.05, 0) is 6.92 Å². The first kappa shape index (κ1) is 14.6. The van der Waals surface area contributed by atoms with E-state index in [1.807, 2.05) is 13.8 Å². The minimum Gasteiger partial charge on any atom is -0.313 e. The highest BCUT2D eigenvalue weighted by Crippen LogP contribution is 2.06. The third kappa shape index (κ3) is 5.12. The van der Waals surface area contributed by atoms with Gasteiger partial charge < -0.3 is 5.32 Å². The first-order valence-corrected chi connectivity index (χ1v) is 7.93. The number of sulfonamides is 1. The van der Waals surface area contributed by atoms with E-state index in [1.165, 1.54) is 11.3 Å². The summed E-state index contributed by atoms with van der Waals surface area (Å²) in [6, 6.07) is 0.286. The molecule has 0 fully saturated rings. The predicted molar refractivity (Wildman–Crippen MR) is 70.5 cm³/mol. The van der Waals surface area contributed by atoms with Crippen LogP contribution in [0.2, 0.25) is 0 Å². The van der Waals surface area contributed by atoms with Gasteiger partial charge in [0.1, 0.15) is 0 Å². The molecular formula is C10H19N3O2S2. The lowest BCUT2D eigenvalue weighted by atomic mass is 10.3. The van der Waals surface area contributed by atoms with E-state index in [9.17, 15) is 8.42 Å². The van der Waals surface area contributed by atoms with Crippen molar-refractivity contribution in [2.24, 2.45) is 0 Å². The lowest BCUT2D eigenvalue weighted by Crippen LogP contribution is -2.40. The zero-order valence-corrected chi connectivity index (χ0v) is 11.9. The Morgan fingerprint density at radius 2 is 2.12 bits per heavy atom. The second-order valence-corrected chi connectivity index (χ2v) is 7.36. The van der Waals surface area contributed by atoms with Crippen molar-refractivity contribution in [3.8, 4) is 0 Å². The van der Waals surface area contributed by atoms with Gasteiger partial charge in [0.25, 0.3) is 0 Å². The van der Waals surface area contributed by atoms with Gasteiger partial charge in [-0.25, -0.2) is 13.1 Å². The molecule has 0 aliphatic heterocycles. The molecule has 5 nitrogen and oxygen atoms in total. The normalized spacial score (nSPS) is 14.1. The van der Waals surface area contributed by atoms with Crippen LogP contribution in [-0.4, -0.2) is 31.2 Å². The van der Waals surface area contributed by atoms with E-state index in [0.29, 0.717) is 13.1 Å². The summed E-state index contributed by atoms with van der Waals surface area (Å²) in [7, 11) is -3.27. The van der Waals surface area contributed by atoms with E-state index in [2.05, 4.69) is 15.0 Å². The Labute approximate surface area is 107 Å². The molecule has 0 saturated carbocycles. The Hall–Kier alpha value is -0.500. The molecule has 17 heavy (non-hydrogen) atoms. The number of aromatic nitrogens is 1. The summed E-state index contributed by atoms with van der Waals surface area (Å²) >= 11 is 1.44. The zero-order chi connectivity index (χ0) is 12.9. The predicted octanol–water partition coefficient (Wildman–Crippen LogP) is 0.949. The summed E-state index contributed by atoms with van der Waals surface area (Å²) in [5.74, 6) is 0. The molecule has 0 amide bonds. The fourth-order valence-corrected chi connectivity index (χ4v) is 2.74. The molecule has 1 aromatic heterocycles. The molecule has 0 spiro atoms. The molecule has 1 atom stereocenters. The molecule has 1 unspecified atom stereocenters. The van der Waals surface area contributed by atoms with E-state index in [4.69, 9.17) is 0 Å². The van der Waals surface area contributed by atoms with Crippen LogP contribution in [0.3, 0.4) is 0 Å². The molecule has 0 saturated heterocycles. The zero-order valence-electron chi connectivity index (χ0n) is 10.3. The minimum atomic E-state index is -3.27. The number of nitrogens with one attached hydrogen (secondary N) is 2. The third-order valence-electron chi connectivity index (χ3n) is 2.27. The van der Waals surface area contributed by atoms with Crippen LogP contribution in [0, 0.1) is 0 Å². The van der Waals surface area contributed by atoms with Crippen LogP contribution in [0.5, 0.6) is 0 Å². The van der Waals surface area contributed by atoms with Gasteiger partial charge in [-0.15, -0.1) is 11.3 Å². The maximum atomic E-state index is 11.9. The fourth-order valence-electron chi connectivity index (χ4n) is 1.15. The Morgan fingerprint density at radius 1 is 1.41 bits per heavy atom. The SMILES string of the molecule is CC(C)NCC(C)S(=O)(=O)NCc1cncs1. The Morgan fingerprint density at radius 3 is 2.65 bits per heavy atom. The van der Waals surface area contributed by atoms with Crippen molar-refractivity contribution in [1.82, 2.24) is 15.0 Å². The lowest BCUT2D eigenvalue weighted by molar-refractivity contribution is 0.540. The molecule has 0 bridgehead atoms. The molecule has 98 valence electrons. The van der Waals surface area contributed by atoms with Crippen molar-refractivity contribution in [1.29, 1.82) is 0 Å². The average Bonchev–Trinajstić information content (AvgIpc) is 2.75. The van der Waals surface area contributed by atoms with E-state index < -0.39 is 15.3 Å². The van der Waals surface area contributed by atoms with Crippen LogP contribution in [0.1, 0.15) is 25.6 Å². The molecule has 2 N–H and O–H groups in total. The van der Waals surface area contributed by atoms with Gasteiger partial charge in [-0.2, -0.15) is 0 Å². The van der Waals surface area contributed by atoms with Gasteiger partial charge in [0.2, 0.25) is 10.0 Å². The summed E-state index contributed by atoms with van der Waals surface area (Å²) < 4.78 is 26.3. The maximum Gasteiger partial charge on any atom is 0.215 e. The molecule has 7 heteroatoms. The number of hydrogen-bond donors (Lipinski definition) is 2. The first-order chi connectivity index (χ1) is 7.92. The molecule has 1 aromatic rings. The molecule has 0 aliphatic carbocycles. The quantitative estimate of drug-likeness (QED) is 0.778. The smallest absolute Gasteiger partial charge is 0.215 e.